The van der Waals surface area contributed by atoms with Gasteiger partial charge in [0, 0.05) is 12.2 Å². The van der Waals surface area contributed by atoms with Crippen molar-refractivity contribution in [3.8, 4) is 0 Å². The lowest BCUT2D eigenvalue weighted by Crippen LogP contribution is -2.42. The van der Waals surface area contributed by atoms with Crippen LogP contribution in [0.5, 0.6) is 0 Å². The summed E-state index contributed by atoms with van der Waals surface area (Å²) in [6.07, 6.45) is 4.89. The van der Waals surface area contributed by atoms with Crippen LogP contribution in [0.4, 0.5) is 5.69 Å². The van der Waals surface area contributed by atoms with E-state index in [-0.39, 0.29) is 12.5 Å². The predicted molar refractivity (Wildman–Crippen MR) is 80.7 cm³/mol. The maximum atomic E-state index is 11.7. The van der Waals surface area contributed by atoms with Crippen LogP contribution in [0.1, 0.15) is 32.1 Å². The molecule has 0 aliphatic heterocycles. The Morgan fingerprint density at radius 3 is 2.43 bits per heavy atom. The molecule has 1 aromatic rings. The van der Waals surface area contributed by atoms with Crippen molar-refractivity contribution in [1.82, 2.24) is 5.32 Å². The minimum Gasteiger partial charge on any atom is -0.391 e. The van der Waals surface area contributed by atoms with Crippen LogP contribution in [0, 0.1) is 5.92 Å². The highest BCUT2D eigenvalue weighted by Gasteiger charge is 2.23. The van der Waals surface area contributed by atoms with E-state index < -0.39 is 17.9 Å². The molecule has 0 aromatic heterocycles. The van der Waals surface area contributed by atoms with Gasteiger partial charge >= 0.3 is 11.8 Å². The molecule has 1 aliphatic rings. The molecule has 3 N–H and O–H groups in total. The topological polar surface area (TPSA) is 78.4 Å². The average molecular weight is 290 g/mol. The van der Waals surface area contributed by atoms with Gasteiger partial charge in [0.05, 0.1) is 6.10 Å². The average Bonchev–Trinajstić information content (AvgIpc) is 2.54. The monoisotopic (exact) mass is 290 g/mol. The van der Waals surface area contributed by atoms with Crippen molar-refractivity contribution in [1.29, 1.82) is 0 Å². The van der Waals surface area contributed by atoms with Gasteiger partial charge < -0.3 is 15.7 Å². The van der Waals surface area contributed by atoms with Crippen molar-refractivity contribution < 1.29 is 14.7 Å². The summed E-state index contributed by atoms with van der Waals surface area (Å²) in [7, 11) is 0. The quantitative estimate of drug-likeness (QED) is 0.738. The molecule has 1 fully saturated rings. The predicted octanol–water partition coefficient (Wildman–Crippen LogP) is 1.68. The lowest BCUT2D eigenvalue weighted by Gasteiger charge is -2.26. The van der Waals surface area contributed by atoms with Gasteiger partial charge in [-0.15, -0.1) is 0 Å². The smallest absolute Gasteiger partial charge is 0.313 e. The first kappa shape index (κ1) is 15.5. The molecular formula is C16H22N2O3. The first-order chi connectivity index (χ1) is 10.2. The van der Waals surface area contributed by atoms with Crippen molar-refractivity contribution >= 4 is 17.5 Å². The molecule has 1 aliphatic carbocycles. The van der Waals surface area contributed by atoms with Crippen molar-refractivity contribution in [3.63, 3.8) is 0 Å². The molecule has 2 amide bonds. The third-order valence-corrected chi connectivity index (χ3v) is 3.90. The third-order valence-electron chi connectivity index (χ3n) is 3.90. The molecule has 0 radical (unpaired) electrons. The van der Waals surface area contributed by atoms with Crippen molar-refractivity contribution in [2.75, 3.05) is 11.9 Å². The largest absolute Gasteiger partial charge is 0.391 e. The third kappa shape index (κ3) is 4.86. The maximum Gasteiger partial charge on any atom is 0.313 e. The van der Waals surface area contributed by atoms with E-state index in [1.807, 2.05) is 6.07 Å². The second-order valence-electron chi connectivity index (χ2n) is 5.50. The maximum absolute atomic E-state index is 11.7. The molecular weight excluding hydrogens is 268 g/mol. The zero-order valence-corrected chi connectivity index (χ0v) is 12.0. The summed E-state index contributed by atoms with van der Waals surface area (Å²) in [6.45, 7) is 0.131. The fourth-order valence-corrected chi connectivity index (χ4v) is 2.67. The number of aliphatic hydroxyl groups is 1. The minimum absolute atomic E-state index is 0.131. The number of benzene rings is 1. The fraction of sp³-hybridized carbons (Fsp3) is 0.500. The number of carbonyl (C=O) groups is 2. The summed E-state index contributed by atoms with van der Waals surface area (Å²) >= 11 is 0. The van der Waals surface area contributed by atoms with E-state index in [1.165, 1.54) is 6.42 Å². The van der Waals surface area contributed by atoms with E-state index in [9.17, 15) is 14.7 Å². The molecule has 0 spiro atoms. The Labute approximate surface area is 124 Å². The summed E-state index contributed by atoms with van der Waals surface area (Å²) in [5.41, 5.74) is 0.575. The summed E-state index contributed by atoms with van der Waals surface area (Å²) in [5, 5.41) is 15.1. The number of hydrogen-bond donors (Lipinski definition) is 3. The molecule has 0 bridgehead atoms. The Balaban J connectivity index is 1.74. The van der Waals surface area contributed by atoms with E-state index in [0.717, 1.165) is 25.7 Å². The number of amides is 2. The van der Waals surface area contributed by atoms with Gasteiger partial charge in [-0.05, 0) is 30.9 Å². The molecule has 5 nitrogen and oxygen atoms in total. The van der Waals surface area contributed by atoms with E-state index in [4.69, 9.17) is 0 Å². The van der Waals surface area contributed by atoms with E-state index in [2.05, 4.69) is 10.6 Å². The van der Waals surface area contributed by atoms with Crippen LogP contribution in [-0.4, -0.2) is 29.6 Å². The fourth-order valence-electron chi connectivity index (χ4n) is 2.67. The summed E-state index contributed by atoms with van der Waals surface area (Å²) < 4.78 is 0. The van der Waals surface area contributed by atoms with E-state index >= 15 is 0 Å². The van der Waals surface area contributed by atoms with Crippen LogP contribution in [0.25, 0.3) is 0 Å². The molecule has 5 heteroatoms. The molecule has 114 valence electrons. The Hall–Kier alpha value is -1.88. The first-order valence-electron chi connectivity index (χ1n) is 7.49. The zero-order valence-electron chi connectivity index (χ0n) is 12.0. The lowest BCUT2D eigenvalue weighted by atomic mass is 9.85. The molecule has 21 heavy (non-hydrogen) atoms. The highest BCUT2D eigenvalue weighted by molar-refractivity contribution is 6.39. The number of carbonyl (C=O) groups excluding carboxylic acids is 2. The highest BCUT2D eigenvalue weighted by Crippen LogP contribution is 2.26. The van der Waals surface area contributed by atoms with Crippen molar-refractivity contribution in [3.05, 3.63) is 30.3 Å². The van der Waals surface area contributed by atoms with Crippen molar-refractivity contribution in [2.24, 2.45) is 5.92 Å². The van der Waals surface area contributed by atoms with Gasteiger partial charge in [0.2, 0.25) is 0 Å². The zero-order chi connectivity index (χ0) is 15.1. The van der Waals surface area contributed by atoms with Crippen LogP contribution in [-0.2, 0) is 9.59 Å². The van der Waals surface area contributed by atoms with Gasteiger partial charge in [0.15, 0.2) is 0 Å². The van der Waals surface area contributed by atoms with Crippen LogP contribution >= 0.6 is 0 Å². The molecule has 1 unspecified atom stereocenters. The van der Waals surface area contributed by atoms with Crippen LogP contribution in [0.2, 0.25) is 0 Å². The van der Waals surface area contributed by atoms with Gasteiger partial charge in [-0.3, -0.25) is 9.59 Å². The number of rotatable bonds is 4. The Bertz CT molecular complexity index is 470. The Kier molecular flexibility index (Phi) is 5.75. The molecule has 1 saturated carbocycles. The standard InChI is InChI=1S/C16H22N2O3/c19-14(12-7-3-1-4-8-12)11-17-15(20)16(21)18-13-9-5-2-6-10-13/h2,5-6,9-10,12,14,19H,1,3-4,7-8,11H2,(H,17,20)(H,18,21). The van der Waals surface area contributed by atoms with Gasteiger partial charge in [-0.1, -0.05) is 37.5 Å². The van der Waals surface area contributed by atoms with Gasteiger partial charge in [-0.25, -0.2) is 0 Å². The van der Waals surface area contributed by atoms with Crippen LogP contribution in [0.3, 0.4) is 0 Å². The molecule has 1 atom stereocenters. The summed E-state index contributed by atoms with van der Waals surface area (Å²) in [6, 6.07) is 8.81. The normalized spacial score (nSPS) is 17.0. The van der Waals surface area contributed by atoms with Crippen molar-refractivity contribution in [2.45, 2.75) is 38.2 Å². The lowest BCUT2D eigenvalue weighted by molar-refractivity contribution is -0.136. The molecule has 2 rings (SSSR count). The number of para-hydroxylation sites is 1. The number of anilines is 1. The highest BCUT2D eigenvalue weighted by atomic mass is 16.3. The Morgan fingerprint density at radius 2 is 1.76 bits per heavy atom. The number of hydrogen-bond acceptors (Lipinski definition) is 3. The summed E-state index contributed by atoms with van der Waals surface area (Å²) in [5.74, 6) is -1.19. The molecule has 0 saturated heterocycles. The molecule has 0 heterocycles. The van der Waals surface area contributed by atoms with Gasteiger partial charge in [0.1, 0.15) is 0 Å². The van der Waals surface area contributed by atoms with Gasteiger partial charge in [-0.2, -0.15) is 0 Å². The van der Waals surface area contributed by atoms with E-state index in [1.54, 1.807) is 24.3 Å². The van der Waals surface area contributed by atoms with E-state index in [0.29, 0.717) is 5.69 Å². The SMILES string of the molecule is O=C(NCC(O)C1CCCCC1)C(=O)Nc1ccccc1. The second kappa shape index (κ2) is 7.78. The summed E-state index contributed by atoms with van der Waals surface area (Å²) in [4.78, 5) is 23.4. The first-order valence-corrected chi connectivity index (χ1v) is 7.49. The van der Waals surface area contributed by atoms with Crippen LogP contribution in [0.15, 0.2) is 30.3 Å². The number of nitrogens with one attached hydrogen (secondary N) is 2. The van der Waals surface area contributed by atoms with Gasteiger partial charge in [0.25, 0.3) is 0 Å². The second-order valence-corrected chi connectivity index (χ2v) is 5.50. The van der Waals surface area contributed by atoms with Crippen LogP contribution < -0.4 is 10.6 Å². The molecule has 1 aromatic carbocycles. The minimum atomic E-state index is -0.714. The Morgan fingerprint density at radius 1 is 1.10 bits per heavy atom. The number of aliphatic hydroxyl groups excluding tert-OH is 1.